The lowest BCUT2D eigenvalue weighted by Crippen LogP contribution is -2.40. The molecule has 0 unspecified atom stereocenters. The smallest absolute Gasteiger partial charge is 0.293 e. The van der Waals surface area contributed by atoms with Crippen LogP contribution in [0, 0.1) is 15.5 Å². The number of benzene rings is 1. The van der Waals surface area contributed by atoms with Gasteiger partial charge in [0.15, 0.2) is 0 Å². The van der Waals surface area contributed by atoms with Crippen molar-refractivity contribution in [1.29, 1.82) is 0 Å². The zero-order chi connectivity index (χ0) is 14.8. The Kier molecular flexibility index (Phi) is 4.50. The Hall–Kier alpha value is -1.33. The van der Waals surface area contributed by atoms with Crippen molar-refractivity contribution in [3.63, 3.8) is 0 Å². The van der Waals surface area contributed by atoms with Gasteiger partial charge in [-0.2, -0.15) is 0 Å². The van der Waals surface area contributed by atoms with Gasteiger partial charge < -0.3 is 10.2 Å². The molecule has 110 valence electrons. The van der Waals surface area contributed by atoms with E-state index in [4.69, 9.17) is 11.6 Å². The molecule has 1 fully saturated rings. The third-order valence-corrected chi connectivity index (χ3v) is 4.29. The first-order valence-corrected chi connectivity index (χ1v) is 7.14. The molecule has 1 aromatic carbocycles. The monoisotopic (exact) mass is 297 g/mol. The molecule has 0 spiro atoms. The molecule has 2 rings (SSSR count). The fourth-order valence-electron chi connectivity index (χ4n) is 2.45. The summed E-state index contributed by atoms with van der Waals surface area (Å²) in [6.45, 7) is 5.11. The number of piperidine rings is 1. The molecule has 0 aliphatic carbocycles. The Morgan fingerprint density at radius 1 is 1.45 bits per heavy atom. The van der Waals surface area contributed by atoms with Crippen molar-refractivity contribution >= 4 is 23.0 Å². The summed E-state index contributed by atoms with van der Waals surface area (Å²) in [5.74, 6) is 0. The summed E-state index contributed by atoms with van der Waals surface area (Å²) >= 11 is 5.82. The average Bonchev–Trinajstić information content (AvgIpc) is 2.41. The first kappa shape index (κ1) is 15.1. The number of halogens is 1. The van der Waals surface area contributed by atoms with E-state index >= 15 is 0 Å². The van der Waals surface area contributed by atoms with Crippen molar-refractivity contribution in [1.82, 2.24) is 4.90 Å². The van der Waals surface area contributed by atoms with Gasteiger partial charge in [0.2, 0.25) is 0 Å². The summed E-state index contributed by atoms with van der Waals surface area (Å²) in [5.41, 5.74) is 0.758. The van der Waals surface area contributed by atoms with Crippen LogP contribution in [0.4, 0.5) is 11.4 Å². The molecule has 1 heterocycles. The molecule has 0 saturated carbocycles. The van der Waals surface area contributed by atoms with Crippen molar-refractivity contribution in [3.8, 4) is 0 Å². The van der Waals surface area contributed by atoms with Crippen molar-refractivity contribution in [3.05, 3.63) is 33.3 Å². The fraction of sp³-hybridized carbons (Fsp3) is 0.571. The van der Waals surface area contributed by atoms with E-state index in [0.29, 0.717) is 10.7 Å². The highest BCUT2D eigenvalue weighted by atomic mass is 35.5. The molecule has 1 aromatic rings. The average molecular weight is 298 g/mol. The van der Waals surface area contributed by atoms with Crippen molar-refractivity contribution in [2.24, 2.45) is 5.41 Å². The van der Waals surface area contributed by atoms with Crippen LogP contribution in [0.3, 0.4) is 0 Å². The molecule has 1 N–H and O–H groups in total. The standard InChI is InChI=1S/C14H20ClN3O2/c1-14(5-7-17(2)8-6-14)10-16-12-4-3-11(15)9-13(12)18(19)20/h3-4,9,16H,5-8,10H2,1-2H3. The van der Waals surface area contributed by atoms with Gasteiger partial charge in [-0.05, 0) is 50.5 Å². The van der Waals surface area contributed by atoms with Gasteiger partial charge in [-0.3, -0.25) is 10.1 Å². The molecule has 1 aliphatic rings. The van der Waals surface area contributed by atoms with Crippen LogP contribution in [0.1, 0.15) is 19.8 Å². The summed E-state index contributed by atoms with van der Waals surface area (Å²) < 4.78 is 0. The summed E-state index contributed by atoms with van der Waals surface area (Å²) in [4.78, 5) is 13.0. The van der Waals surface area contributed by atoms with E-state index < -0.39 is 4.92 Å². The van der Waals surface area contributed by atoms with Gasteiger partial charge in [-0.15, -0.1) is 0 Å². The largest absolute Gasteiger partial charge is 0.379 e. The van der Waals surface area contributed by atoms with Crippen LogP contribution < -0.4 is 5.32 Å². The van der Waals surface area contributed by atoms with Crippen LogP contribution in [0.2, 0.25) is 5.02 Å². The molecule has 0 bridgehead atoms. The number of nitrogens with one attached hydrogen (secondary N) is 1. The van der Waals surface area contributed by atoms with Crippen LogP contribution in [-0.2, 0) is 0 Å². The van der Waals surface area contributed by atoms with Crippen LogP contribution in [-0.4, -0.2) is 36.5 Å². The maximum Gasteiger partial charge on any atom is 0.293 e. The lowest BCUT2D eigenvalue weighted by Gasteiger charge is -2.38. The highest BCUT2D eigenvalue weighted by molar-refractivity contribution is 6.30. The number of likely N-dealkylation sites (tertiary alicyclic amines) is 1. The molecule has 0 atom stereocenters. The van der Waals surface area contributed by atoms with Gasteiger partial charge >= 0.3 is 0 Å². The second-order valence-corrected chi connectivity index (χ2v) is 6.32. The molecule has 1 aliphatic heterocycles. The second-order valence-electron chi connectivity index (χ2n) is 5.89. The lowest BCUT2D eigenvalue weighted by molar-refractivity contribution is -0.383. The van der Waals surface area contributed by atoms with Crippen molar-refractivity contribution in [2.45, 2.75) is 19.8 Å². The zero-order valence-electron chi connectivity index (χ0n) is 11.9. The number of nitro benzene ring substituents is 1. The number of anilines is 1. The lowest BCUT2D eigenvalue weighted by atomic mass is 9.80. The van der Waals surface area contributed by atoms with Gasteiger partial charge in [0.05, 0.1) is 4.92 Å². The van der Waals surface area contributed by atoms with Gasteiger partial charge in [0.1, 0.15) is 5.69 Å². The van der Waals surface area contributed by atoms with E-state index in [9.17, 15) is 10.1 Å². The molecule has 0 amide bonds. The quantitative estimate of drug-likeness (QED) is 0.683. The predicted molar refractivity (Wildman–Crippen MR) is 81.4 cm³/mol. The van der Waals surface area contributed by atoms with E-state index in [-0.39, 0.29) is 11.1 Å². The third kappa shape index (κ3) is 3.61. The molecule has 1 saturated heterocycles. The molecule has 6 heteroatoms. The molecule has 0 aromatic heterocycles. The van der Waals surface area contributed by atoms with E-state index in [0.717, 1.165) is 32.5 Å². The first-order chi connectivity index (χ1) is 9.39. The summed E-state index contributed by atoms with van der Waals surface area (Å²) in [6, 6.07) is 4.74. The van der Waals surface area contributed by atoms with E-state index in [2.05, 4.69) is 24.2 Å². The Morgan fingerprint density at radius 3 is 2.70 bits per heavy atom. The van der Waals surface area contributed by atoms with E-state index in [1.165, 1.54) is 6.07 Å². The normalized spacial score (nSPS) is 18.8. The topological polar surface area (TPSA) is 58.4 Å². The van der Waals surface area contributed by atoms with Gasteiger partial charge in [0, 0.05) is 17.6 Å². The molecule has 20 heavy (non-hydrogen) atoms. The number of hydrogen-bond acceptors (Lipinski definition) is 4. The Labute approximate surface area is 124 Å². The van der Waals surface area contributed by atoms with E-state index in [1.807, 2.05) is 0 Å². The number of nitrogens with zero attached hydrogens (tertiary/aromatic N) is 2. The molecular formula is C14H20ClN3O2. The predicted octanol–water partition coefficient (Wildman–Crippen LogP) is 3.39. The molecular weight excluding hydrogens is 278 g/mol. The highest BCUT2D eigenvalue weighted by Crippen LogP contribution is 2.33. The molecule has 5 nitrogen and oxygen atoms in total. The number of rotatable bonds is 4. The van der Waals surface area contributed by atoms with Crippen molar-refractivity contribution in [2.75, 3.05) is 32.0 Å². The first-order valence-electron chi connectivity index (χ1n) is 6.76. The zero-order valence-corrected chi connectivity index (χ0v) is 12.6. The minimum atomic E-state index is -0.398. The van der Waals surface area contributed by atoms with Crippen LogP contribution in [0.25, 0.3) is 0 Å². The van der Waals surface area contributed by atoms with Gasteiger partial charge in [0.25, 0.3) is 5.69 Å². The van der Waals surface area contributed by atoms with Gasteiger partial charge in [-0.25, -0.2) is 0 Å². The fourth-order valence-corrected chi connectivity index (χ4v) is 2.62. The Morgan fingerprint density at radius 2 is 2.10 bits per heavy atom. The van der Waals surface area contributed by atoms with Gasteiger partial charge in [-0.1, -0.05) is 18.5 Å². The maximum absolute atomic E-state index is 11.0. The van der Waals surface area contributed by atoms with E-state index in [1.54, 1.807) is 12.1 Å². The second kappa shape index (κ2) is 5.97. The van der Waals surface area contributed by atoms with Crippen LogP contribution in [0.15, 0.2) is 18.2 Å². The Balaban J connectivity index is 2.05. The summed E-state index contributed by atoms with van der Waals surface area (Å²) in [5, 5.41) is 14.7. The summed E-state index contributed by atoms with van der Waals surface area (Å²) in [6.07, 6.45) is 2.19. The summed E-state index contributed by atoms with van der Waals surface area (Å²) in [7, 11) is 2.12. The van der Waals surface area contributed by atoms with Crippen LogP contribution in [0.5, 0.6) is 0 Å². The number of nitro groups is 1. The number of hydrogen-bond donors (Lipinski definition) is 1. The third-order valence-electron chi connectivity index (χ3n) is 4.06. The van der Waals surface area contributed by atoms with Crippen LogP contribution >= 0.6 is 11.6 Å². The van der Waals surface area contributed by atoms with Crippen molar-refractivity contribution < 1.29 is 4.92 Å². The molecule has 0 radical (unpaired) electrons. The Bertz CT molecular complexity index is 499. The minimum Gasteiger partial charge on any atom is -0.379 e. The highest BCUT2D eigenvalue weighted by Gasteiger charge is 2.29. The SMILES string of the molecule is CN1CCC(C)(CNc2ccc(Cl)cc2[N+](=O)[O-])CC1. The minimum absolute atomic E-state index is 0.0361. The maximum atomic E-state index is 11.0.